The van der Waals surface area contributed by atoms with E-state index in [-0.39, 0.29) is 17.5 Å². The van der Waals surface area contributed by atoms with E-state index in [1.54, 1.807) is 6.07 Å². The van der Waals surface area contributed by atoms with Gasteiger partial charge in [0.2, 0.25) is 5.91 Å². The molecule has 0 radical (unpaired) electrons. The number of anilines is 1. The Balaban J connectivity index is 2.17. The molecule has 1 aliphatic rings. The lowest BCUT2D eigenvalue weighted by molar-refractivity contribution is -0.384. The number of amides is 1. The molecular weight excluding hydrogens is 272 g/mol. The Kier molecular flexibility index (Phi) is 4.42. The number of hydrogen-bond acceptors (Lipinski definition) is 5. The van der Waals surface area contributed by atoms with Crippen molar-refractivity contribution in [2.45, 2.75) is 32.4 Å². The van der Waals surface area contributed by atoms with Crippen molar-refractivity contribution in [3.05, 3.63) is 33.9 Å². The molecule has 0 aromatic heterocycles. The minimum absolute atomic E-state index is 0.0234. The standard InChI is InChI=1S/C14H20N4O3/c1-9-2-3-10(14(16)19)7-17(9)8-11-6-12(18(20)21)4-5-13(11)15/h4-6,9-10H,2-3,7-8,15H2,1H3,(H2,16,19). The fraction of sp³-hybridized carbons (Fsp3) is 0.500. The number of piperidine rings is 1. The van der Waals surface area contributed by atoms with Gasteiger partial charge in [-0.2, -0.15) is 0 Å². The topological polar surface area (TPSA) is 115 Å². The number of likely N-dealkylation sites (tertiary alicyclic amines) is 1. The smallest absolute Gasteiger partial charge is 0.269 e. The van der Waals surface area contributed by atoms with Crippen molar-refractivity contribution < 1.29 is 9.72 Å². The van der Waals surface area contributed by atoms with E-state index in [0.717, 1.165) is 12.8 Å². The summed E-state index contributed by atoms with van der Waals surface area (Å²) >= 11 is 0. The SMILES string of the molecule is CC1CCC(C(N)=O)CN1Cc1cc([N+](=O)[O-])ccc1N. The number of nitro benzene ring substituents is 1. The number of benzene rings is 1. The van der Waals surface area contributed by atoms with Crippen LogP contribution in [0.25, 0.3) is 0 Å². The third-order valence-electron chi connectivity index (χ3n) is 4.12. The number of nitro groups is 1. The number of primary amides is 1. The molecule has 2 unspecified atom stereocenters. The predicted octanol–water partition coefficient (Wildman–Crippen LogP) is 1.26. The normalized spacial score (nSPS) is 22.9. The molecule has 2 atom stereocenters. The van der Waals surface area contributed by atoms with Gasteiger partial charge in [-0.3, -0.25) is 19.8 Å². The quantitative estimate of drug-likeness (QED) is 0.492. The molecule has 0 aliphatic carbocycles. The highest BCUT2D eigenvalue weighted by molar-refractivity contribution is 5.77. The molecule has 1 amide bonds. The highest BCUT2D eigenvalue weighted by Gasteiger charge is 2.29. The molecule has 1 saturated heterocycles. The Morgan fingerprint density at radius 2 is 2.19 bits per heavy atom. The highest BCUT2D eigenvalue weighted by Crippen LogP contribution is 2.27. The van der Waals surface area contributed by atoms with Gasteiger partial charge >= 0.3 is 0 Å². The van der Waals surface area contributed by atoms with Crippen LogP contribution in [0.1, 0.15) is 25.3 Å². The third kappa shape index (κ3) is 3.49. The molecule has 0 bridgehead atoms. The lowest BCUT2D eigenvalue weighted by Crippen LogP contribution is -2.45. The van der Waals surface area contributed by atoms with Crippen LogP contribution in [0, 0.1) is 16.0 Å². The number of hydrogen-bond donors (Lipinski definition) is 2. The summed E-state index contributed by atoms with van der Waals surface area (Å²) in [7, 11) is 0. The first-order valence-electron chi connectivity index (χ1n) is 6.94. The zero-order chi connectivity index (χ0) is 15.6. The molecule has 1 aromatic carbocycles. The molecular formula is C14H20N4O3. The van der Waals surface area contributed by atoms with Gasteiger partial charge in [0.25, 0.3) is 5.69 Å². The maximum atomic E-state index is 11.4. The summed E-state index contributed by atoms with van der Waals surface area (Å²) in [5.41, 5.74) is 12.5. The van der Waals surface area contributed by atoms with Crippen molar-refractivity contribution >= 4 is 17.3 Å². The van der Waals surface area contributed by atoms with E-state index in [1.165, 1.54) is 12.1 Å². The van der Waals surface area contributed by atoms with Crippen LogP contribution in [-0.4, -0.2) is 28.3 Å². The van der Waals surface area contributed by atoms with Crippen molar-refractivity contribution in [1.82, 2.24) is 4.90 Å². The van der Waals surface area contributed by atoms with Crippen LogP contribution in [0.3, 0.4) is 0 Å². The molecule has 1 heterocycles. The zero-order valence-electron chi connectivity index (χ0n) is 12.0. The predicted molar refractivity (Wildman–Crippen MR) is 79.3 cm³/mol. The van der Waals surface area contributed by atoms with E-state index < -0.39 is 4.92 Å². The zero-order valence-corrected chi connectivity index (χ0v) is 12.0. The number of non-ortho nitro benzene ring substituents is 1. The van der Waals surface area contributed by atoms with Crippen molar-refractivity contribution in [1.29, 1.82) is 0 Å². The van der Waals surface area contributed by atoms with Gasteiger partial charge in [0.1, 0.15) is 0 Å². The minimum atomic E-state index is -0.436. The van der Waals surface area contributed by atoms with Gasteiger partial charge in [-0.15, -0.1) is 0 Å². The van der Waals surface area contributed by atoms with Crippen LogP contribution in [0.4, 0.5) is 11.4 Å². The fourth-order valence-corrected chi connectivity index (χ4v) is 2.69. The van der Waals surface area contributed by atoms with Gasteiger partial charge in [0.05, 0.1) is 10.8 Å². The molecule has 0 saturated carbocycles. The average Bonchev–Trinajstić information content (AvgIpc) is 2.43. The molecule has 1 aromatic rings. The maximum absolute atomic E-state index is 11.4. The summed E-state index contributed by atoms with van der Waals surface area (Å²) in [6, 6.07) is 4.73. The summed E-state index contributed by atoms with van der Waals surface area (Å²) in [6.07, 6.45) is 1.67. The van der Waals surface area contributed by atoms with Crippen LogP contribution >= 0.6 is 0 Å². The number of nitrogen functional groups attached to an aromatic ring is 1. The van der Waals surface area contributed by atoms with E-state index >= 15 is 0 Å². The number of nitrogens with two attached hydrogens (primary N) is 2. The molecule has 1 aliphatic heterocycles. The average molecular weight is 292 g/mol. The molecule has 21 heavy (non-hydrogen) atoms. The van der Waals surface area contributed by atoms with Crippen molar-refractivity contribution in [2.75, 3.05) is 12.3 Å². The van der Waals surface area contributed by atoms with E-state index in [1.807, 2.05) is 0 Å². The van der Waals surface area contributed by atoms with Gasteiger partial charge in [-0.05, 0) is 31.4 Å². The van der Waals surface area contributed by atoms with Crippen molar-refractivity contribution in [3.8, 4) is 0 Å². The van der Waals surface area contributed by atoms with Gasteiger partial charge in [-0.1, -0.05) is 0 Å². The second-order valence-electron chi connectivity index (χ2n) is 5.60. The minimum Gasteiger partial charge on any atom is -0.398 e. The van der Waals surface area contributed by atoms with E-state index in [4.69, 9.17) is 11.5 Å². The lowest BCUT2D eigenvalue weighted by atomic mass is 9.92. The Morgan fingerprint density at radius 1 is 1.48 bits per heavy atom. The maximum Gasteiger partial charge on any atom is 0.269 e. The number of carbonyl (C=O) groups excluding carboxylic acids is 1. The van der Waals surface area contributed by atoms with Crippen LogP contribution in [0.2, 0.25) is 0 Å². The van der Waals surface area contributed by atoms with Crippen LogP contribution in [0.15, 0.2) is 18.2 Å². The summed E-state index contributed by atoms with van der Waals surface area (Å²) < 4.78 is 0. The van der Waals surface area contributed by atoms with Crippen molar-refractivity contribution in [3.63, 3.8) is 0 Å². The molecule has 2 rings (SSSR count). The summed E-state index contributed by atoms with van der Waals surface area (Å²) in [6.45, 7) is 3.13. The van der Waals surface area contributed by atoms with Gasteiger partial charge in [0.15, 0.2) is 0 Å². The largest absolute Gasteiger partial charge is 0.398 e. The van der Waals surface area contributed by atoms with Crippen molar-refractivity contribution in [2.24, 2.45) is 11.7 Å². The second kappa shape index (κ2) is 6.09. The second-order valence-corrected chi connectivity index (χ2v) is 5.60. The molecule has 7 nitrogen and oxygen atoms in total. The van der Waals surface area contributed by atoms with Gasteiger partial charge < -0.3 is 11.5 Å². The first-order chi connectivity index (χ1) is 9.88. The Bertz CT molecular complexity index is 561. The molecule has 1 fully saturated rings. The molecule has 0 spiro atoms. The molecule has 7 heteroatoms. The van der Waals surface area contributed by atoms with Gasteiger partial charge in [-0.25, -0.2) is 0 Å². The van der Waals surface area contributed by atoms with E-state index in [2.05, 4.69) is 11.8 Å². The summed E-state index contributed by atoms with van der Waals surface area (Å²) in [5, 5.41) is 10.9. The monoisotopic (exact) mass is 292 g/mol. The fourth-order valence-electron chi connectivity index (χ4n) is 2.69. The number of nitrogens with zero attached hydrogens (tertiary/aromatic N) is 2. The first-order valence-corrected chi connectivity index (χ1v) is 6.94. The number of carbonyl (C=O) groups is 1. The Morgan fingerprint density at radius 3 is 2.81 bits per heavy atom. The first kappa shape index (κ1) is 15.2. The molecule has 4 N–H and O–H groups in total. The van der Waals surface area contributed by atoms with E-state index in [0.29, 0.717) is 30.4 Å². The number of rotatable bonds is 4. The molecule has 114 valence electrons. The Hall–Kier alpha value is -2.15. The summed E-state index contributed by atoms with van der Waals surface area (Å²) in [5.74, 6) is -0.458. The third-order valence-corrected chi connectivity index (χ3v) is 4.12. The van der Waals surface area contributed by atoms with Gasteiger partial charge in [0, 0.05) is 37.0 Å². The van der Waals surface area contributed by atoms with E-state index in [9.17, 15) is 14.9 Å². The Labute approximate surface area is 123 Å². The van der Waals surface area contributed by atoms with Crippen LogP contribution in [0.5, 0.6) is 0 Å². The van der Waals surface area contributed by atoms with Crippen LogP contribution in [-0.2, 0) is 11.3 Å². The highest BCUT2D eigenvalue weighted by atomic mass is 16.6. The lowest BCUT2D eigenvalue weighted by Gasteiger charge is -2.37. The van der Waals surface area contributed by atoms with Crippen LogP contribution < -0.4 is 11.5 Å². The summed E-state index contributed by atoms with van der Waals surface area (Å²) in [4.78, 5) is 23.9.